The van der Waals surface area contributed by atoms with Gasteiger partial charge in [-0.05, 0) is 34.9 Å². The maximum Gasteiger partial charge on any atom is 0.166 e. The van der Waals surface area contributed by atoms with Gasteiger partial charge in [0.15, 0.2) is 5.78 Å². The minimum atomic E-state index is 0.114. The second-order valence-electron chi connectivity index (χ2n) is 7.07. The van der Waals surface area contributed by atoms with Gasteiger partial charge in [-0.3, -0.25) is 4.79 Å². The molecule has 0 unspecified atom stereocenters. The van der Waals surface area contributed by atoms with Crippen molar-refractivity contribution in [2.24, 2.45) is 5.92 Å². The van der Waals surface area contributed by atoms with Gasteiger partial charge >= 0.3 is 0 Å². The van der Waals surface area contributed by atoms with E-state index < -0.39 is 0 Å². The van der Waals surface area contributed by atoms with E-state index in [4.69, 9.17) is 0 Å². The molecule has 2 aromatic carbocycles. The Morgan fingerprint density at radius 3 is 1.90 bits per heavy atom. The fraction of sp³-hybridized carbons (Fsp3) is 0.350. The van der Waals surface area contributed by atoms with Crippen molar-refractivity contribution in [3.05, 3.63) is 70.8 Å². The van der Waals surface area contributed by atoms with Crippen LogP contribution in [-0.2, 0) is 18.3 Å². The average molecular weight is 278 g/mol. The fourth-order valence-corrected chi connectivity index (χ4v) is 3.11. The van der Waals surface area contributed by atoms with Gasteiger partial charge in [-0.15, -0.1) is 0 Å². The van der Waals surface area contributed by atoms with Crippen molar-refractivity contribution in [2.45, 2.75) is 39.0 Å². The number of hydrogen-bond donors (Lipinski definition) is 0. The monoisotopic (exact) mass is 278 g/mol. The van der Waals surface area contributed by atoms with Gasteiger partial charge in [-0.1, -0.05) is 69.3 Å². The Morgan fingerprint density at radius 2 is 1.43 bits per heavy atom. The van der Waals surface area contributed by atoms with E-state index in [-0.39, 0.29) is 17.1 Å². The van der Waals surface area contributed by atoms with Gasteiger partial charge in [0.25, 0.3) is 0 Å². The van der Waals surface area contributed by atoms with Crippen LogP contribution in [0, 0.1) is 5.92 Å². The largest absolute Gasteiger partial charge is 0.294 e. The fourth-order valence-electron chi connectivity index (χ4n) is 3.11. The molecule has 1 aliphatic rings. The third-order valence-corrected chi connectivity index (χ3v) is 4.46. The number of benzene rings is 2. The molecule has 3 rings (SSSR count). The van der Waals surface area contributed by atoms with E-state index in [0.717, 1.165) is 18.4 Å². The molecule has 1 nitrogen and oxygen atoms in total. The molecule has 0 saturated carbocycles. The standard InChI is InChI=1S/C20H22O/c1-20(2,3)18-10-8-14(9-11-18)19(21)17-12-15-6-4-5-7-16(15)13-17/h4-11,17H,12-13H2,1-3H3. The molecule has 1 aliphatic carbocycles. The molecular formula is C20H22O. The van der Waals surface area contributed by atoms with Gasteiger partial charge < -0.3 is 0 Å². The Morgan fingerprint density at radius 1 is 0.905 bits per heavy atom. The lowest BCUT2D eigenvalue weighted by atomic mass is 9.85. The van der Waals surface area contributed by atoms with Crippen molar-refractivity contribution in [1.29, 1.82) is 0 Å². The predicted molar refractivity (Wildman–Crippen MR) is 86.8 cm³/mol. The van der Waals surface area contributed by atoms with Crippen molar-refractivity contribution < 1.29 is 4.79 Å². The third kappa shape index (κ3) is 2.78. The van der Waals surface area contributed by atoms with E-state index in [1.807, 2.05) is 12.1 Å². The summed E-state index contributed by atoms with van der Waals surface area (Å²) in [5.41, 5.74) is 4.92. The normalized spacial score (nSPS) is 15.0. The minimum absolute atomic E-state index is 0.114. The molecule has 0 saturated heterocycles. The number of carbonyl (C=O) groups is 1. The van der Waals surface area contributed by atoms with Gasteiger partial charge in [0.2, 0.25) is 0 Å². The first kappa shape index (κ1) is 14.1. The Hall–Kier alpha value is -1.89. The summed E-state index contributed by atoms with van der Waals surface area (Å²) in [5, 5.41) is 0. The summed E-state index contributed by atoms with van der Waals surface area (Å²) in [5.74, 6) is 0.398. The molecule has 0 radical (unpaired) electrons. The molecule has 0 atom stereocenters. The van der Waals surface area contributed by atoms with E-state index >= 15 is 0 Å². The predicted octanol–water partition coefficient (Wildman–Crippen LogP) is 4.58. The van der Waals surface area contributed by atoms with Crippen molar-refractivity contribution in [3.63, 3.8) is 0 Å². The van der Waals surface area contributed by atoms with Gasteiger partial charge in [-0.2, -0.15) is 0 Å². The van der Waals surface area contributed by atoms with Crippen LogP contribution in [0.15, 0.2) is 48.5 Å². The third-order valence-electron chi connectivity index (χ3n) is 4.46. The van der Waals surface area contributed by atoms with Gasteiger partial charge in [0.1, 0.15) is 0 Å². The van der Waals surface area contributed by atoms with Crippen LogP contribution in [0.5, 0.6) is 0 Å². The summed E-state index contributed by atoms with van der Waals surface area (Å²) in [6.07, 6.45) is 1.77. The average Bonchev–Trinajstić information content (AvgIpc) is 2.89. The summed E-state index contributed by atoms with van der Waals surface area (Å²) < 4.78 is 0. The highest BCUT2D eigenvalue weighted by Crippen LogP contribution is 2.29. The Kier molecular flexibility index (Phi) is 3.44. The molecule has 21 heavy (non-hydrogen) atoms. The second-order valence-corrected chi connectivity index (χ2v) is 7.07. The zero-order valence-corrected chi connectivity index (χ0v) is 13.0. The molecule has 0 aromatic heterocycles. The molecular weight excluding hydrogens is 256 g/mol. The van der Waals surface area contributed by atoms with Crippen LogP contribution in [0.1, 0.15) is 47.8 Å². The maximum atomic E-state index is 12.7. The molecule has 0 aliphatic heterocycles. The molecule has 1 heteroatoms. The zero-order valence-electron chi connectivity index (χ0n) is 13.0. The lowest BCUT2D eigenvalue weighted by Crippen LogP contribution is -2.16. The van der Waals surface area contributed by atoms with Crippen molar-refractivity contribution in [1.82, 2.24) is 0 Å². The van der Waals surface area contributed by atoms with E-state index in [2.05, 4.69) is 57.2 Å². The molecule has 2 aromatic rings. The first-order chi connectivity index (χ1) is 9.95. The number of rotatable bonds is 2. The van der Waals surface area contributed by atoms with Crippen LogP contribution in [0.4, 0.5) is 0 Å². The van der Waals surface area contributed by atoms with E-state index in [1.54, 1.807) is 0 Å². The molecule has 0 spiro atoms. The number of hydrogen-bond acceptors (Lipinski definition) is 1. The SMILES string of the molecule is CC(C)(C)c1ccc(C(=O)C2Cc3ccccc3C2)cc1. The Bertz CT molecular complexity index is 634. The van der Waals surface area contributed by atoms with Gasteiger partial charge in [0.05, 0.1) is 0 Å². The first-order valence-electron chi connectivity index (χ1n) is 7.67. The summed E-state index contributed by atoms with van der Waals surface area (Å²) in [4.78, 5) is 12.7. The quantitative estimate of drug-likeness (QED) is 0.735. The molecule has 0 N–H and O–H groups in total. The molecule has 0 amide bonds. The van der Waals surface area contributed by atoms with Gasteiger partial charge in [-0.25, -0.2) is 0 Å². The van der Waals surface area contributed by atoms with Gasteiger partial charge in [0, 0.05) is 11.5 Å². The van der Waals surface area contributed by atoms with E-state index in [9.17, 15) is 4.79 Å². The summed E-state index contributed by atoms with van der Waals surface area (Å²) in [7, 11) is 0. The Labute approximate surface area is 127 Å². The van der Waals surface area contributed by atoms with Crippen molar-refractivity contribution >= 4 is 5.78 Å². The number of Topliss-reactive ketones (excluding diaryl/α,β-unsaturated/α-hetero) is 1. The molecule has 0 heterocycles. The maximum absolute atomic E-state index is 12.7. The van der Waals surface area contributed by atoms with Crippen molar-refractivity contribution in [2.75, 3.05) is 0 Å². The molecule has 108 valence electrons. The van der Waals surface area contributed by atoms with E-state index in [1.165, 1.54) is 16.7 Å². The minimum Gasteiger partial charge on any atom is -0.294 e. The lowest BCUT2D eigenvalue weighted by molar-refractivity contribution is 0.0924. The van der Waals surface area contributed by atoms with Crippen LogP contribution >= 0.6 is 0 Å². The number of carbonyl (C=O) groups excluding carboxylic acids is 1. The zero-order chi connectivity index (χ0) is 15.0. The highest BCUT2D eigenvalue weighted by Gasteiger charge is 2.27. The Balaban J connectivity index is 1.78. The summed E-state index contributed by atoms with van der Waals surface area (Å²) >= 11 is 0. The van der Waals surface area contributed by atoms with Crippen LogP contribution in [0.2, 0.25) is 0 Å². The number of ketones is 1. The summed E-state index contributed by atoms with van der Waals surface area (Å²) in [6.45, 7) is 6.58. The molecule has 0 fully saturated rings. The lowest BCUT2D eigenvalue weighted by Gasteiger charge is -2.19. The molecule has 0 bridgehead atoms. The van der Waals surface area contributed by atoms with Crippen LogP contribution in [0.25, 0.3) is 0 Å². The van der Waals surface area contributed by atoms with E-state index in [0.29, 0.717) is 0 Å². The smallest absolute Gasteiger partial charge is 0.166 e. The van der Waals surface area contributed by atoms with Crippen LogP contribution in [0.3, 0.4) is 0 Å². The summed E-state index contributed by atoms with van der Waals surface area (Å²) in [6, 6.07) is 16.6. The second kappa shape index (κ2) is 5.14. The van der Waals surface area contributed by atoms with Crippen molar-refractivity contribution in [3.8, 4) is 0 Å². The van der Waals surface area contributed by atoms with Crippen LogP contribution < -0.4 is 0 Å². The topological polar surface area (TPSA) is 17.1 Å². The first-order valence-corrected chi connectivity index (χ1v) is 7.67. The number of fused-ring (bicyclic) bond motifs is 1. The highest BCUT2D eigenvalue weighted by atomic mass is 16.1. The highest BCUT2D eigenvalue weighted by molar-refractivity contribution is 5.98. The van der Waals surface area contributed by atoms with Crippen LogP contribution in [-0.4, -0.2) is 5.78 Å².